The van der Waals surface area contributed by atoms with Gasteiger partial charge in [0.05, 0.1) is 19.7 Å². The fourth-order valence-electron chi connectivity index (χ4n) is 3.64. The zero-order chi connectivity index (χ0) is 27.8. The molecule has 0 saturated carbocycles. The van der Waals surface area contributed by atoms with Gasteiger partial charge in [0.25, 0.3) is 11.8 Å². The summed E-state index contributed by atoms with van der Waals surface area (Å²) in [6.45, 7) is 2.34. The number of benzene rings is 3. The average molecular weight is 531 g/mol. The number of methoxy groups -OCH3 is 2. The minimum atomic E-state index is -0.642. The molecular weight excluding hydrogens is 503 g/mol. The highest BCUT2D eigenvalue weighted by Crippen LogP contribution is 2.37. The smallest absolute Gasteiger partial charge is 0.262 e. The second kappa shape index (κ2) is 12.4. The van der Waals surface area contributed by atoms with Crippen LogP contribution in [0.1, 0.15) is 6.92 Å². The highest BCUT2D eigenvalue weighted by Gasteiger charge is 2.19. The molecule has 0 fully saturated rings. The lowest BCUT2D eigenvalue weighted by atomic mass is 10.2. The number of carbonyl (C=O) groups excluding carboxylic acids is 2. The van der Waals surface area contributed by atoms with Crippen LogP contribution in [0.15, 0.2) is 84.7 Å². The summed E-state index contributed by atoms with van der Waals surface area (Å²) < 4.78 is 30.0. The first kappa shape index (κ1) is 26.9. The Labute approximate surface area is 224 Å². The molecule has 39 heavy (non-hydrogen) atoms. The number of hydrogen-bond donors (Lipinski definition) is 3. The zero-order valence-electron chi connectivity index (χ0n) is 21.6. The summed E-state index contributed by atoms with van der Waals surface area (Å²) in [5.41, 5.74) is 1.34. The van der Waals surface area contributed by atoms with Crippen molar-refractivity contribution in [1.82, 2.24) is 10.3 Å². The Bertz CT molecular complexity index is 1510. The molecule has 4 rings (SSSR count). The van der Waals surface area contributed by atoms with Crippen molar-refractivity contribution in [3.8, 4) is 23.0 Å². The van der Waals surface area contributed by atoms with Gasteiger partial charge in [0, 0.05) is 41.8 Å². The van der Waals surface area contributed by atoms with Gasteiger partial charge in [0.1, 0.15) is 22.9 Å². The molecular formula is C29H27FN4O5. The molecule has 0 aliphatic rings. The number of rotatable bonds is 10. The molecule has 2 amide bonds. The van der Waals surface area contributed by atoms with Crippen molar-refractivity contribution in [1.29, 1.82) is 0 Å². The highest BCUT2D eigenvalue weighted by atomic mass is 19.1. The van der Waals surface area contributed by atoms with Crippen LogP contribution < -0.4 is 30.2 Å². The van der Waals surface area contributed by atoms with Crippen molar-refractivity contribution in [2.24, 2.45) is 0 Å². The van der Waals surface area contributed by atoms with Crippen LogP contribution in [0.5, 0.6) is 23.0 Å². The first-order valence-corrected chi connectivity index (χ1v) is 12.0. The summed E-state index contributed by atoms with van der Waals surface area (Å²) in [6.07, 6.45) is 2.97. The van der Waals surface area contributed by atoms with Crippen LogP contribution in [-0.2, 0) is 9.59 Å². The van der Waals surface area contributed by atoms with E-state index in [4.69, 9.17) is 14.2 Å². The Morgan fingerprint density at radius 2 is 1.44 bits per heavy atom. The molecule has 0 bridgehead atoms. The van der Waals surface area contributed by atoms with Gasteiger partial charge in [-0.3, -0.25) is 14.6 Å². The fourth-order valence-corrected chi connectivity index (χ4v) is 3.64. The van der Waals surface area contributed by atoms with Gasteiger partial charge in [0.2, 0.25) is 0 Å². The number of amides is 2. The maximum atomic E-state index is 13.2. The van der Waals surface area contributed by atoms with Crippen LogP contribution in [0, 0.1) is 5.82 Å². The lowest BCUT2D eigenvalue weighted by molar-refractivity contribution is -0.118. The van der Waals surface area contributed by atoms with Gasteiger partial charge in [-0.1, -0.05) is 0 Å². The van der Waals surface area contributed by atoms with Crippen LogP contribution in [0.4, 0.5) is 15.8 Å². The molecule has 0 unspecified atom stereocenters. The van der Waals surface area contributed by atoms with E-state index in [-0.39, 0.29) is 5.57 Å². The molecule has 0 spiro atoms. The van der Waals surface area contributed by atoms with Gasteiger partial charge in [-0.15, -0.1) is 0 Å². The van der Waals surface area contributed by atoms with Gasteiger partial charge in [-0.2, -0.15) is 0 Å². The van der Waals surface area contributed by atoms with Crippen LogP contribution in [0.25, 0.3) is 10.9 Å². The van der Waals surface area contributed by atoms with Gasteiger partial charge in [-0.05, 0) is 67.6 Å². The number of hydrogen-bond acceptors (Lipinski definition) is 7. The van der Waals surface area contributed by atoms with E-state index in [0.717, 1.165) is 5.39 Å². The van der Waals surface area contributed by atoms with Crippen LogP contribution >= 0.6 is 0 Å². The van der Waals surface area contributed by atoms with Crippen molar-refractivity contribution in [3.05, 3.63) is 90.5 Å². The molecule has 9 nitrogen and oxygen atoms in total. The predicted octanol–water partition coefficient (Wildman–Crippen LogP) is 5.25. The number of halogens is 1. The summed E-state index contributed by atoms with van der Waals surface area (Å²) in [6, 6.07) is 17.2. The first-order chi connectivity index (χ1) is 18.9. The molecule has 0 radical (unpaired) electrons. The topological polar surface area (TPSA) is 111 Å². The van der Waals surface area contributed by atoms with Crippen LogP contribution in [0.3, 0.4) is 0 Å². The number of carbonyl (C=O) groups is 2. The number of anilines is 2. The fraction of sp³-hybridized carbons (Fsp3) is 0.138. The number of nitrogens with zero attached hydrogens (tertiary/aromatic N) is 1. The van der Waals surface area contributed by atoms with Gasteiger partial charge in [0.15, 0.2) is 11.5 Å². The summed E-state index contributed by atoms with van der Waals surface area (Å²) >= 11 is 0. The van der Waals surface area contributed by atoms with Crippen molar-refractivity contribution in [2.45, 2.75) is 6.92 Å². The molecule has 0 aliphatic carbocycles. The molecule has 0 aliphatic heterocycles. The third kappa shape index (κ3) is 6.61. The maximum Gasteiger partial charge on any atom is 0.262 e. The minimum Gasteiger partial charge on any atom is -0.493 e. The minimum absolute atomic E-state index is 0.144. The average Bonchev–Trinajstić information content (AvgIpc) is 2.95. The second-order valence-corrected chi connectivity index (χ2v) is 8.19. The third-order valence-corrected chi connectivity index (χ3v) is 5.59. The van der Waals surface area contributed by atoms with Crippen LogP contribution in [0.2, 0.25) is 0 Å². The molecule has 1 heterocycles. The Morgan fingerprint density at radius 3 is 2.03 bits per heavy atom. The summed E-state index contributed by atoms with van der Waals surface area (Å²) in [7, 11) is 3.11. The molecule has 4 aromatic rings. The molecule has 0 saturated heterocycles. The van der Waals surface area contributed by atoms with E-state index >= 15 is 0 Å². The van der Waals surface area contributed by atoms with Crippen molar-refractivity contribution >= 4 is 34.1 Å². The van der Waals surface area contributed by atoms with Gasteiger partial charge in [-0.25, -0.2) is 4.39 Å². The number of nitrogens with one attached hydrogen (secondary N) is 3. The largest absolute Gasteiger partial charge is 0.493 e. The van der Waals surface area contributed by atoms with E-state index in [1.807, 2.05) is 6.92 Å². The lowest BCUT2D eigenvalue weighted by Crippen LogP contribution is -2.27. The van der Waals surface area contributed by atoms with Crippen molar-refractivity contribution in [3.63, 3.8) is 0 Å². The Hall–Kier alpha value is -5.12. The van der Waals surface area contributed by atoms with Gasteiger partial charge < -0.3 is 30.2 Å². The summed E-state index contributed by atoms with van der Waals surface area (Å²) in [5.74, 6) is 0.494. The van der Waals surface area contributed by atoms with E-state index < -0.39 is 17.6 Å². The van der Waals surface area contributed by atoms with Crippen LogP contribution in [-0.4, -0.2) is 37.6 Å². The predicted molar refractivity (Wildman–Crippen MR) is 147 cm³/mol. The standard InChI is InChI=1S/C29H27FN4O5/c1-4-31-17-23(28(35)33-19-7-5-18(30)6-8-19)29(36)34-20-9-11-21(12-10-20)39-25-13-14-32-24-16-27(38-3)26(37-2)15-22(24)25/h5-17,31H,4H2,1-3H3,(H,33,35)(H,34,36)/b23-17+. The molecule has 1 aromatic heterocycles. The monoisotopic (exact) mass is 530 g/mol. The zero-order valence-corrected chi connectivity index (χ0v) is 21.6. The summed E-state index contributed by atoms with van der Waals surface area (Å²) in [5, 5.41) is 8.91. The Balaban J connectivity index is 1.48. The second-order valence-electron chi connectivity index (χ2n) is 8.19. The number of ether oxygens (including phenoxy) is 3. The number of fused-ring (bicyclic) bond motifs is 1. The maximum absolute atomic E-state index is 13.2. The normalized spacial score (nSPS) is 11.0. The number of aromatic nitrogens is 1. The molecule has 10 heteroatoms. The molecule has 0 atom stereocenters. The third-order valence-electron chi connectivity index (χ3n) is 5.59. The van der Waals surface area contributed by atoms with E-state index in [2.05, 4.69) is 20.9 Å². The Kier molecular flexibility index (Phi) is 8.57. The van der Waals surface area contributed by atoms with E-state index in [1.165, 1.54) is 30.5 Å². The van der Waals surface area contributed by atoms with E-state index in [9.17, 15) is 14.0 Å². The van der Waals surface area contributed by atoms with E-state index in [0.29, 0.717) is 46.4 Å². The first-order valence-electron chi connectivity index (χ1n) is 12.0. The number of pyridine rings is 1. The molecule has 3 aromatic carbocycles. The molecule has 3 N–H and O–H groups in total. The lowest BCUT2D eigenvalue weighted by Gasteiger charge is -2.13. The van der Waals surface area contributed by atoms with Gasteiger partial charge >= 0.3 is 0 Å². The SMILES string of the molecule is CCN/C=C(\C(=O)Nc1ccc(F)cc1)C(=O)Nc1ccc(Oc2ccnc3cc(OC)c(OC)cc23)cc1. The molecule has 200 valence electrons. The van der Waals surface area contributed by atoms with E-state index in [1.54, 1.807) is 62.9 Å². The Morgan fingerprint density at radius 1 is 0.846 bits per heavy atom. The summed E-state index contributed by atoms with van der Waals surface area (Å²) in [4.78, 5) is 30.1. The van der Waals surface area contributed by atoms with Crippen molar-refractivity contribution < 1.29 is 28.2 Å². The van der Waals surface area contributed by atoms with Crippen molar-refractivity contribution in [2.75, 3.05) is 31.4 Å². The quantitative estimate of drug-likeness (QED) is 0.146. The highest BCUT2D eigenvalue weighted by molar-refractivity contribution is 6.26.